The summed E-state index contributed by atoms with van der Waals surface area (Å²) in [6.07, 6.45) is 9.68. The van der Waals surface area contributed by atoms with Crippen LogP contribution in [0, 0.1) is 5.92 Å². The van der Waals surface area contributed by atoms with Crippen LogP contribution in [0.25, 0.3) is 0 Å². The van der Waals surface area contributed by atoms with Crippen LogP contribution < -0.4 is 5.32 Å². The lowest BCUT2D eigenvalue weighted by molar-refractivity contribution is 0.112. The van der Waals surface area contributed by atoms with Crippen LogP contribution in [-0.4, -0.2) is 59.8 Å². The molecule has 3 rings (SSSR count). The summed E-state index contributed by atoms with van der Waals surface area (Å²) in [5.74, 6) is 1.65. The van der Waals surface area contributed by atoms with Gasteiger partial charge in [-0.05, 0) is 25.2 Å². The number of aliphatic imine (C=N–C) groups is 1. The molecule has 0 amide bonds. The molecule has 1 aromatic heterocycles. The molecular weight excluding hydrogens is 405 g/mol. The van der Waals surface area contributed by atoms with Crippen molar-refractivity contribution in [3.8, 4) is 0 Å². The van der Waals surface area contributed by atoms with Crippen molar-refractivity contribution < 1.29 is 4.74 Å². The van der Waals surface area contributed by atoms with Crippen molar-refractivity contribution in [1.29, 1.82) is 0 Å². The molecule has 3 unspecified atom stereocenters. The van der Waals surface area contributed by atoms with Crippen molar-refractivity contribution in [2.45, 2.75) is 38.3 Å². The van der Waals surface area contributed by atoms with E-state index in [4.69, 9.17) is 4.74 Å². The van der Waals surface area contributed by atoms with E-state index in [1.54, 1.807) is 0 Å². The number of likely N-dealkylation sites (tertiary alicyclic amines) is 1. The van der Waals surface area contributed by atoms with E-state index >= 15 is 0 Å². The molecule has 2 saturated heterocycles. The number of nitrogens with one attached hydrogen (secondary N) is 1. The summed E-state index contributed by atoms with van der Waals surface area (Å²) < 4.78 is 7.91. The molecule has 0 aliphatic carbocycles. The minimum Gasteiger partial charge on any atom is -0.376 e. The van der Waals surface area contributed by atoms with E-state index in [1.165, 1.54) is 12.8 Å². The van der Waals surface area contributed by atoms with Gasteiger partial charge >= 0.3 is 0 Å². The lowest BCUT2D eigenvalue weighted by Crippen LogP contribution is -2.50. The van der Waals surface area contributed by atoms with Gasteiger partial charge in [-0.3, -0.25) is 4.99 Å². The van der Waals surface area contributed by atoms with Crippen molar-refractivity contribution in [3.05, 3.63) is 18.7 Å². The van der Waals surface area contributed by atoms with E-state index in [9.17, 15) is 0 Å². The second-order valence-electron chi connectivity index (χ2n) is 6.35. The Labute approximate surface area is 155 Å². The van der Waals surface area contributed by atoms with E-state index in [2.05, 4.69) is 37.9 Å². The predicted molar refractivity (Wildman–Crippen MR) is 102 cm³/mol. The topological polar surface area (TPSA) is 54.7 Å². The van der Waals surface area contributed by atoms with E-state index < -0.39 is 0 Å². The van der Waals surface area contributed by atoms with E-state index in [0.717, 1.165) is 38.6 Å². The highest BCUT2D eigenvalue weighted by molar-refractivity contribution is 14.0. The van der Waals surface area contributed by atoms with Gasteiger partial charge in [-0.25, -0.2) is 4.98 Å². The number of aromatic nitrogens is 2. The SMILES string of the molecule is CN=C(NCC1CCCO1)N1CCC(C)C(n2ccnc2)C1.I. The first-order chi connectivity index (χ1) is 10.8. The Morgan fingerprint density at radius 2 is 2.30 bits per heavy atom. The third-order valence-corrected chi connectivity index (χ3v) is 4.85. The normalized spacial score (nSPS) is 28.5. The summed E-state index contributed by atoms with van der Waals surface area (Å²) in [4.78, 5) is 11.0. The molecule has 6 nitrogen and oxygen atoms in total. The fourth-order valence-electron chi connectivity index (χ4n) is 3.44. The van der Waals surface area contributed by atoms with Gasteiger partial charge in [0.05, 0.1) is 18.5 Å². The summed E-state index contributed by atoms with van der Waals surface area (Å²) >= 11 is 0. The van der Waals surface area contributed by atoms with Crippen molar-refractivity contribution in [3.63, 3.8) is 0 Å². The lowest BCUT2D eigenvalue weighted by Gasteiger charge is -2.39. The number of piperidine rings is 1. The maximum Gasteiger partial charge on any atom is 0.193 e. The first-order valence-corrected chi connectivity index (χ1v) is 8.32. The van der Waals surface area contributed by atoms with Crippen LogP contribution in [-0.2, 0) is 4.74 Å². The monoisotopic (exact) mass is 433 g/mol. The smallest absolute Gasteiger partial charge is 0.193 e. The number of nitrogens with zero attached hydrogens (tertiary/aromatic N) is 4. The largest absolute Gasteiger partial charge is 0.376 e. The summed E-state index contributed by atoms with van der Waals surface area (Å²) in [7, 11) is 1.86. The highest BCUT2D eigenvalue weighted by Gasteiger charge is 2.29. The van der Waals surface area contributed by atoms with Crippen LogP contribution in [0.3, 0.4) is 0 Å². The Kier molecular flexibility index (Phi) is 7.13. The second-order valence-corrected chi connectivity index (χ2v) is 6.35. The Bertz CT molecular complexity index is 487. The Hall–Kier alpha value is -0.830. The summed E-state index contributed by atoms with van der Waals surface area (Å²) in [6, 6.07) is 0.456. The quantitative estimate of drug-likeness (QED) is 0.451. The Morgan fingerprint density at radius 3 is 2.96 bits per heavy atom. The van der Waals surface area contributed by atoms with Crippen molar-refractivity contribution >= 4 is 29.9 Å². The molecule has 0 bridgehead atoms. The van der Waals surface area contributed by atoms with Crippen molar-refractivity contribution in [2.75, 3.05) is 33.3 Å². The molecule has 0 aromatic carbocycles. The molecule has 3 atom stereocenters. The van der Waals surface area contributed by atoms with E-state index in [-0.39, 0.29) is 24.0 Å². The second kappa shape index (κ2) is 8.86. The van der Waals surface area contributed by atoms with Gasteiger partial charge < -0.3 is 19.5 Å². The van der Waals surface area contributed by atoms with Gasteiger partial charge in [0.2, 0.25) is 0 Å². The third kappa shape index (κ3) is 4.59. The number of ether oxygens (including phenoxy) is 1. The van der Waals surface area contributed by atoms with Crippen LogP contribution in [0.2, 0.25) is 0 Å². The van der Waals surface area contributed by atoms with Gasteiger partial charge in [-0.2, -0.15) is 0 Å². The molecule has 0 radical (unpaired) electrons. The van der Waals surface area contributed by atoms with Gasteiger partial charge in [-0.15, -0.1) is 24.0 Å². The van der Waals surface area contributed by atoms with Crippen molar-refractivity contribution in [2.24, 2.45) is 10.9 Å². The molecular formula is C16H28IN5O. The maximum absolute atomic E-state index is 5.68. The van der Waals surface area contributed by atoms with Crippen molar-refractivity contribution in [1.82, 2.24) is 19.8 Å². The molecule has 7 heteroatoms. The molecule has 2 fully saturated rings. The van der Waals surface area contributed by atoms with Gasteiger partial charge in [0.25, 0.3) is 0 Å². The molecule has 1 N–H and O–H groups in total. The first kappa shape index (κ1) is 18.5. The molecule has 0 saturated carbocycles. The minimum absolute atomic E-state index is 0. The lowest BCUT2D eigenvalue weighted by atomic mass is 9.93. The molecule has 1 aromatic rings. The molecule has 3 heterocycles. The van der Waals surface area contributed by atoms with Gasteiger partial charge in [0.1, 0.15) is 0 Å². The average molecular weight is 433 g/mol. The average Bonchev–Trinajstić information content (AvgIpc) is 3.22. The highest BCUT2D eigenvalue weighted by Crippen LogP contribution is 2.27. The number of halogens is 1. The standard InChI is InChI=1S/C16H27N5O.HI/c1-13-5-7-20(11-15(13)21-8-6-18-12-21)16(17-2)19-10-14-4-3-9-22-14;/h6,8,12-15H,3-5,7,9-11H2,1-2H3,(H,17,19);1H. The van der Waals surface area contributed by atoms with Gasteiger partial charge in [0.15, 0.2) is 5.96 Å². The zero-order valence-corrected chi connectivity index (χ0v) is 16.3. The molecule has 2 aliphatic rings. The Balaban J connectivity index is 0.00000192. The number of hydrogen-bond acceptors (Lipinski definition) is 3. The van der Waals surface area contributed by atoms with Crippen LogP contribution in [0.5, 0.6) is 0 Å². The van der Waals surface area contributed by atoms with E-state index in [1.807, 2.05) is 19.6 Å². The number of rotatable bonds is 3. The first-order valence-electron chi connectivity index (χ1n) is 8.32. The predicted octanol–water partition coefficient (Wildman–Crippen LogP) is 2.14. The molecule has 2 aliphatic heterocycles. The highest BCUT2D eigenvalue weighted by atomic mass is 127. The number of guanidine groups is 1. The van der Waals surface area contributed by atoms with Crippen LogP contribution in [0.4, 0.5) is 0 Å². The number of imidazole rings is 1. The fraction of sp³-hybridized carbons (Fsp3) is 0.750. The molecule has 130 valence electrons. The zero-order valence-electron chi connectivity index (χ0n) is 14.0. The number of hydrogen-bond donors (Lipinski definition) is 1. The summed E-state index contributed by atoms with van der Waals surface area (Å²) in [5.41, 5.74) is 0. The van der Waals surface area contributed by atoms with E-state index in [0.29, 0.717) is 18.1 Å². The molecule has 23 heavy (non-hydrogen) atoms. The maximum atomic E-state index is 5.68. The summed E-state index contributed by atoms with van der Waals surface area (Å²) in [5, 5.41) is 3.49. The summed E-state index contributed by atoms with van der Waals surface area (Å²) in [6.45, 7) is 6.11. The molecule has 0 spiro atoms. The Morgan fingerprint density at radius 1 is 1.43 bits per heavy atom. The zero-order chi connectivity index (χ0) is 15.4. The van der Waals surface area contributed by atoms with Crippen LogP contribution in [0.1, 0.15) is 32.2 Å². The van der Waals surface area contributed by atoms with Gasteiger partial charge in [-0.1, -0.05) is 6.92 Å². The third-order valence-electron chi connectivity index (χ3n) is 4.85. The minimum atomic E-state index is 0. The fourth-order valence-corrected chi connectivity index (χ4v) is 3.44. The van der Waals surface area contributed by atoms with Crippen LogP contribution in [0.15, 0.2) is 23.7 Å². The van der Waals surface area contributed by atoms with Crippen LogP contribution >= 0.6 is 24.0 Å². The van der Waals surface area contributed by atoms with Gasteiger partial charge in [0, 0.05) is 45.7 Å².